The van der Waals surface area contributed by atoms with Gasteiger partial charge in [0.15, 0.2) is 0 Å². The van der Waals surface area contributed by atoms with E-state index in [9.17, 15) is 9.59 Å². The first-order chi connectivity index (χ1) is 13.2. The number of aryl methyl sites for hydroxylation is 1. The number of rotatable bonds is 4. The topological polar surface area (TPSA) is 51.1 Å². The molecule has 1 atom stereocenters. The minimum atomic E-state index is -0.269. The molecule has 2 aliphatic heterocycles. The molecule has 2 saturated heterocycles. The van der Waals surface area contributed by atoms with Gasteiger partial charge in [-0.1, -0.05) is 19.1 Å². The quantitative estimate of drug-likeness (QED) is 0.825. The molecular weight excluding hydrogens is 340 g/mol. The summed E-state index contributed by atoms with van der Waals surface area (Å²) in [6.07, 6.45) is 5.56. The van der Waals surface area contributed by atoms with Crippen molar-refractivity contribution in [3.05, 3.63) is 41.1 Å². The lowest BCUT2D eigenvalue weighted by molar-refractivity contribution is -0.872. The molecule has 0 aromatic heterocycles. The van der Waals surface area contributed by atoms with Crippen LogP contribution >= 0.6 is 0 Å². The molecule has 1 aromatic carbocycles. The molecule has 1 aromatic rings. The second-order valence-corrected chi connectivity index (χ2v) is 7.77. The number of anilines is 1. The zero-order valence-electron chi connectivity index (χ0n) is 16.1. The maximum absolute atomic E-state index is 13.2. The van der Waals surface area contributed by atoms with Crippen LogP contribution in [-0.2, 0) is 20.7 Å². The minimum Gasteiger partial charge on any atom is -0.370 e. The van der Waals surface area contributed by atoms with Crippen molar-refractivity contribution >= 4 is 17.5 Å². The number of hydrogen-bond acceptors (Lipinski definition) is 3. The Morgan fingerprint density at radius 3 is 2.48 bits per heavy atom. The summed E-state index contributed by atoms with van der Waals surface area (Å²) in [5.41, 5.74) is 4.55. The zero-order valence-corrected chi connectivity index (χ0v) is 16.1. The van der Waals surface area contributed by atoms with Gasteiger partial charge in [0.2, 0.25) is 11.8 Å². The van der Waals surface area contributed by atoms with E-state index in [1.165, 1.54) is 33.1 Å². The summed E-state index contributed by atoms with van der Waals surface area (Å²) in [4.78, 5) is 28.8. The van der Waals surface area contributed by atoms with Gasteiger partial charge in [0, 0.05) is 12.8 Å². The molecule has 144 valence electrons. The van der Waals surface area contributed by atoms with Gasteiger partial charge in [0.1, 0.15) is 18.8 Å². The van der Waals surface area contributed by atoms with Gasteiger partial charge < -0.3 is 9.64 Å². The second-order valence-electron chi connectivity index (χ2n) is 7.77. The van der Waals surface area contributed by atoms with E-state index >= 15 is 0 Å². The van der Waals surface area contributed by atoms with Crippen molar-refractivity contribution in [2.45, 2.75) is 45.4 Å². The number of amides is 2. The number of carbonyl (C=O) groups excluding carboxylic acids is 2. The summed E-state index contributed by atoms with van der Waals surface area (Å²) in [6, 6.07) is 7.82. The second kappa shape index (κ2) is 7.95. The van der Waals surface area contributed by atoms with Crippen LogP contribution in [0.3, 0.4) is 0 Å². The minimum absolute atomic E-state index is 0.0358. The zero-order chi connectivity index (χ0) is 18.8. The fraction of sp³-hybridized carbons (Fsp3) is 0.545. The van der Waals surface area contributed by atoms with Crippen molar-refractivity contribution < 1.29 is 19.2 Å². The Kier molecular flexibility index (Phi) is 5.41. The normalized spacial score (nSPS) is 24.8. The van der Waals surface area contributed by atoms with Crippen LogP contribution in [0.1, 0.15) is 44.6 Å². The summed E-state index contributed by atoms with van der Waals surface area (Å²) >= 11 is 0. The third-order valence-corrected chi connectivity index (χ3v) is 6.20. The number of allylic oxidation sites excluding steroid dienone is 1. The highest BCUT2D eigenvalue weighted by molar-refractivity contribution is 6.21. The first-order valence-corrected chi connectivity index (χ1v) is 10.3. The Morgan fingerprint density at radius 1 is 1.07 bits per heavy atom. The van der Waals surface area contributed by atoms with Crippen LogP contribution < -0.4 is 9.80 Å². The van der Waals surface area contributed by atoms with Crippen LogP contribution in [0.4, 0.5) is 5.69 Å². The third kappa shape index (κ3) is 3.58. The Hall–Kier alpha value is -1.98. The van der Waals surface area contributed by atoms with E-state index in [1.54, 1.807) is 0 Å². The molecular formula is C22H29N2O3+. The van der Waals surface area contributed by atoms with E-state index < -0.39 is 0 Å². The summed E-state index contributed by atoms with van der Waals surface area (Å²) in [7, 11) is 0. The number of hydrogen-bond donors (Lipinski definition) is 1. The molecule has 0 saturated carbocycles. The predicted molar refractivity (Wildman–Crippen MR) is 103 cm³/mol. The number of nitrogens with zero attached hydrogens (tertiary/aromatic N) is 1. The average molecular weight is 369 g/mol. The smallest absolute Gasteiger partial charge is 0.241 e. The fourth-order valence-corrected chi connectivity index (χ4v) is 4.69. The predicted octanol–water partition coefficient (Wildman–Crippen LogP) is 1.87. The molecule has 2 amide bonds. The Balaban J connectivity index is 1.62. The van der Waals surface area contributed by atoms with Gasteiger partial charge in [-0.05, 0) is 49.0 Å². The number of benzene rings is 1. The highest BCUT2D eigenvalue weighted by Crippen LogP contribution is 2.36. The molecule has 1 aliphatic carbocycles. The average Bonchev–Trinajstić information content (AvgIpc) is 3.02. The van der Waals surface area contributed by atoms with Gasteiger partial charge in [-0.25, -0.2) is 0 Å². The van der Waals surface area contributed by atoms with Crippen molar-refractivity contribution in [2.24, 2.45) is 5.92 Å². The summed E-state index contributed by atoms with van der Waals surface area (Å²) < 4.78 is 5.51. The fourth-order valence-electron chi connectivity index (χ4n) is 4.69. The molecule has 5 nitrogen and oxygen atoms in total. The number of morpholine rings is 1. The Labute approximate surface area is 161 Å². The Morgan fingerprint density at radius 2 is 1.78 bits per heavy atom. The molecule has 2 heterocycles. The largest absolute Gasteiger partial charge is 0.370 e. The summed E-state index contributed by atoms with van der Waals surface area (Å²) in [5, 5.41) is 0. The molecule has 27 heavy (non-hydrogen) atoms. The molecule has 4 rings (SSSR count). The van der Waals surface area contributed by atoms with Gasteiger partial charge >= 0.3 is 0 Å². The van der Waals surface area contributed by atoms with Gasteiger partial charge in [0.05, 0.1) is 24.8 Å². The van der Waals surface area contributed by atoms with E-state index in [0.717, 1.165) is 52.0 Å². The molecule has 3 aliphatic rings. The number of imide groups is 1. The third-order valence-electron chi connectivity index (χ3n) is 6.20. The maximum Gasteiger partial charge on any atom is 0.241 e. The van der Waals surface area contributed by atoms with E-state index in [1.807, 2.05) is 24.3 Å². The van der Waals surface area contributed by atoms with E-state index in [-0.39, 0.29) is 17.7 Å². The van der Waals surface area contributed by atoms with Crippen molar-refractivity contribution in [1.82, 2.24) is 0 Å². The standard InChI is InChI=1S/C22H28N2O3/c1-2-16-7-9-17(10-8-16)24-21(25)15-19(22(24)26)18-5-3-4-6-20(18)23-11-13-27-14-12-23/h7-10,19H,2-6,11-15H2,1H3/p+1/t19-/m0/s1. The Bertz CT molecular complexity index is 747. The monoisotopic (exact) mass is 369 g/mol. The van der Waals surface area contributed by atoms with Crippen molar-refractivity contribution in [2.75, 3.05) is 31.2 Å². The summed E-state index contributed by atoms with van der Waals surface area (Å²) in [5.74, 6) is -0.371. The maximum atomic E-state index is 13.2. The molecule has 0 bridgehead atoms. The number of nitrogens with one attached hydrogen (secondary N) is 1. The molecule has 0 spiro atoms. The van der Waals surface area contributed by atoms with Gasteiger partial charge in [-0.15, -0.1) is 0 Å². The van der Waals surface area contributed by atoms with E-state index in [2.05, 4.69) is 6.92 Å². The lowest BCUT2D eigenvalue weighted by Gasteiger charge is -2.31. The van der Waals surface area contributed by atoms with Crippen LogP contribution in [-0.4, -0.2) is 38.1 Å². The van der Waals surface area contributed by atoms with Crippen LogP contribution in [0.5, 0.6) is 0 Å². The summed E-state index contributed by atoms with van der Waals surface area (Å²) in [6.45, 7) is 5.59. The van der Waals surface area contributed by atoms with Gasteiger partial charge in [-0.2, -0.15) is 0 Å². The first-order valence-electron chi connectivity index (χ1n) is 10.3. The van der Waals surface area contributed by atoms with Crippen molar-refractivity contribution in [3.63, 3.8) is 0 Å². The van der Waals surface area contributed by atoms with E-state index in [0.29, 0.717) is 12.1 Å². The lowest BCUT2D eigenvalue weighted by Crippen LogP contribution is -3.12. The number of carbonyl (C=O) groups is 2. The van der Waals surface area contributed by atoms with Gasteiger partial charge in [0.25, 0.3) is 0 Å². The van der Waals surface area contributed by atoms with Crippen LogP contribution in [0.25, 0.3) is 0 Å². The SMILES string of the molecule is CCc1ccc(N2C(=O)C[C@@H](C3=C([NH+]4CCOCC4)CCCC3)C2=O)cc1. The molecule has 2 fully saturated rings. The number of quaternary nitrogens is 1. The van der Waals surface area contributed by atoms with Crippen molar-refractivity contribution in [3.8, 4) is 0 Å². The number of ether oxygens (including phenoxy) is 1. The van der Waals surface area contributed by atoms with Gasteiger partial charge in [-0.3, -0.25) is 14.5 Å². The van der Waals surface area contributed by atoms with Crippen LogP contribution in [0.15, 0.2) is 35.5 Å². The highest BCUT2D eigenvalue weighted by atomic mass is 16.5. The molecule has 0 radical (unpaired) electrons. The van der Waals surface area contributed by atoms with Crippen LogP contribution in [0, 0.1) is 5.92 Å². The molecule has 0 unspecified atom stereocenters. The molecule has 5 heteroatoms. The lowest BCUT2D eigenvalue weighted by atomic mass is 9.85. The van der Waals surface area contributed by atoms with Crippen molar-refractivity contribution in [1.29, 1.82) is 0 Å². The first kappa shape index (κ1) is 18.4. The highest BCUT2D eigenvalue weighted by Gasteiger charge is 2.44. The van der Waals surface area contributed by atoms with E-state index in [4.69, 9.17) is 4.74 Å². The van der Waals surface area contributed by atoms with Crippen LogP contribution in [0.2, 0.25) is 0 Å². The molecule has 1 N–H and O–H groups in total.